The van der Waals surface area contributed by atoms with Crippen LogP contribution in [0.4, 0.5) is 5.69 Å². The van der Waals surface area contributed by atoms with E-state index in [1.165, 1.54) is 0 Å². The van der Waals surface area contributed by atoms with E-state index in [0.717, 1.165) is 11.3 Å². The second-order valence-electron chi connectivity index (χ2n) is 6.11. The van der Waals surface area contributed by atoms with E-state index >= 15 is 0 Å². The largest absolute Gasteiger partial charge is 0.497 e. The fourth-order valence-electron chi connectivity index (χ4n) is 2.89. The maximum atomic E-state index is 12.5. The van der Waals surface area contributed by atoms with Gasteiger partial charge in [-0.1, -0.05) is 41.4 Å². The summed E-state index contributed by atoms with van der Waals surface area (Å²) in [4.78, 5) is 26.4. The maximum absolute atomic E-state index is 12.5. The lowest BCUT2D eigenvalue weighted by atomic mass is 10.1. The number of carbonyl (C=O) groups excluding carboxylic acids is 2. The molecule has 136 valence electrons. The molecule has 0 aromatic heterocycles. The van der Waals surface area contributed by atoms with E-state index in [1.54, 1.807) is 30.2 Å². The van der Waals surface area contributed by atoms with Gasteiger partial charge in [-0.2, -0.15) is 0 Å². The maximum Gasteiger partial charge on any atom is 0.229 e. The summed E-state index contributed by atoms with van der Waals surface area (Å²) in [5.41, 5.74) is 1.43. The van der Waals surface area contributed by atoms with Crippen LogP contribution in [0.2, 0.25) is 10.0 Å². The molecule has 1 saturated heterocycles. The molecule has 1 fully saturated rings. The molecule has 7 heteroatoms. The van der Waals surface area contributed by atoms with E-state index in [4.69, 9.17) is 27.9 Å². The number of likely N-dealkylation sites (tertiary alicyclic amines) is 1. The SMILES string of the molecule is COc1ccc(CN2C[C@H](C(=O)Nc3cccc(Cl)c3Cl)CC2=O)cc1. The average Bonchev–Trinajstić information content (AvgIpc) is 3.00. The zero-order valence-corrected chi connectivity index (χ0v) is 15.7. The minimum atomic E-state index is -0.421. The smallest absolute Gasteiger partial charge is 0.229 e. The highest BCUT2D eigenvalue weighted by Gasteiger charge is 2.34. The number of amides is 2. The molecule has 5 nitrogen and oxygen atoms in total. The van der Waals surface area contributed by atoms with Crippen molar-refractivity contribution in [1.82, 2.24) is 4.90 Å². The van der Waals surface area contributed by atoms with Gasteiger partial charge >= 0.3 is 0 Å². The van der Waals surface area contributed by atoms with Gasteiger partial charge in [-0.15, -0.1) is 0 Å². The minimum absolute atomic E-state index is 0.0434. The van der Waals surface area contributed by atoms with Gasteiger partial charge in [-0.05, 0) is 29.8 Å². The predicted molar refractivity (Wildman–Crippen MR) is 102 cm³/mol. The Bertz CT molecular complexity index is 824. The number of anilines is 1. The molecular weight excluding hydrogens is 375 g/mol. The molecule has 0 aliphatic carbocycles. The van der Waals surface area contributed by atoms with Crippen LogP contribution >= 0.6 is 23.2 Å². The molecule has 2 amide bonds. The highest BCUT2D eigenvalue weighted by atomic mass is 35.5. The number of halogens is 2. The Balaban J connectivity index is 1.63. The quantitative estimate of drug-likeness (QED) is 0.836. The van der Waals surface area contributed by atoms with Gasteiger partial charge in [-0.3, -0.25) is 9.59 Å². The summed E-state index contributed by atoms with van der Waals surface area (Å²) < 4.78 is 5.13. The van der Waals surface area contributed by atoms with E-state index in [9.17, 15) is 9.59 Å². The Morgan fingerprint density at radius 2 is 1.96 bits per heavy atom. The molecule has 2 aromatic rings. The van der Waals surface area contributed by atoms with E-state index in [-0.39, 0.29) is 18.2 Å². The Morgan fingerprint density at radius 1 is 1.23 bits per heavy atom. The van der Waals surface area contributed by atoms with Gasteiger partial charge in [0.05, 0.1) is 28.8 Å². The number of benzene rings is 2. The summed E-state index contributed by atoms with van der Waals surface area (Å²) in [5, 5.41) is 3.42. The van der Waals surface area contributed by atoms with Crippen molar-refractivity contribution in [3.05, 3.63) is 58.1 Å². The fourth-order valence-corrected chi connectivity index (χ4v) is 3.23. The van der Waals surface area contributed by atoms with Crippen molar-refractivity contribution in [2.75, 3.05) is 19.0 Å². The first-order chi connectivity index (χ1) is 12.5. The van der Waals surface area contributed by atoms with Gasteiger partial charge in [0, 0.05) is 19.5 Å². The van der Waals surface area contributed by atoms with Crippen molar-refractivity contribution >= 4 is 40.7 Å². The Morgan fingerprint density at radius 3 is 2.65 bits per heavy atom. The van der Waals surface area contributed by atoms with Crippen LogP contribution in [-0.4, -0.2) is 30.4 Å². The summed E-state index contributed by atoms with van der Waals surface area (Å²) in [6.45, 7) is 0.833. The van der Waals surface area contributed by atoms with Gasteiger partial charge < -0.3 is 15.0 Å². The molecule has 0 radical (unpaired) electrons. The van der Waals surface area contributed by atoms with Crippen LogP contribution in [0.1, 0.15) is 12.0 Å². The zero-order valence-electron chi connectivity index (χ0n) is 14.2. The van der Waals surface area contributed by atoms with Crippen molar-refractivity contribution in [3.63, 3.8) is 0 Å². The Labute approximate surface area is 161 Å². The molecule has 0 spiro atoms. The third-order valence-corrected chi connectivity index (χ3v) is 5.15. The number of methoxy groups -OCH3 is 1. The van der Waals surface area contributed by atoms with Crippen molar-refractivity contribution < 1.29 is 14.3 Å². The minimum Gasteiger partial charge on any atom is -0.497 e. The molecule has 0 saturated carbocycles. The Hall–Kier alpha value is -2.24. The summed E-state index contributed by atoms with van der Waals surface area (Å²) in [6.07, 6.45) is 0.181. The van der Waals surface area contributed by atoms with E-state index in [1.807, 2.05) is 24.3 Å². The summed E-state index contributed by atoms with van der Waals surface area (Å²) >= 11 is 12.1. The fraction of sp³-hybridized carbons (Fsp3) is 0.263. The van der Waals surface area contributed by atoms with Gasteiger partial charge in [-0.25, -0.2) is 0 Å². The molecule has 26 heavy (non-hydrogen) atoms. The first kappa shape index (κ1) is 18.5. The second kappa shape index (κ2) is 7.98. The van der Waals surface area contributed by atoms with Gasteiger partial charge in [0.1, 0.15) is 5.75 Å². The lowest BCUT2D eigenvalue weighted by molar-refractivity contribution is -0.128. The monoisotopic (exact) mass is 392 g/mol. The lowest BCUT2D eigenvalue weighted by Crippen LogP contribution is -2.28. The van der Waals surface area contributed by atoms with Crippen molar-refractivity contribution in [3.8, 4) is 5.75 Å². The summed E-state index contributed by atoms with van der Waals surface area (Å²) in [6, 6.07) is 12.5. The molecule has 1 heterocycles. The first-order valence-electron chi connectivity index (χ1n) is 8.13. The molecule has 1 N–H and O–H groups in total. The number of nitrogens with one attached hydrogen (secondary N) is 1. The normalized spacial score (nSPS) is 16.7. The van der Waals surface area contributed by atoms with E-state index < -0.39 is 5.92 Å². The average molecular weight is 393 g/mol. The van der Waals surface area contributed by atoms with Crippen LogP contribution in [0, 0.1) is 5.92 Å². The molecule has 1 atom stereocenters. The van der Waals surface area contributed by atoms with Crippen LogP contribution in [0.25, 0.3) is 0 Å². The van der Waals surface area contributed by atoms with Crippen molar-refractivity contribution in [2.24, 2.45) is 5.92 Å². The zero-order chi connectivity index (χ0) is 18.7. The van der Waals surface area contributed by atoms with E-state index in [2.05, 4.69) is 5.32 Å². The van der Waals surface area contributed by atoms with Crippen LogP contribution in [0.3, 0.4) is 0 Å². The molecule has 0 unspecified atom stereocenters. The highest BCUT2D eigenvalue weighted by Crippen LogP contribution is 2.30. The van der Waals surface area contributed by atoms with Gasteiger partial charge in [0.15, 0.2) is 0 Å². The molecular formula is C19H18Cl2N2O3. The third-order valence-electron chi connectivity index (χ3n) is 4.33. The summed E-state index contributed by atoms with van der Waals surface area (Å²) in [7, 11) is 1.61. The number of hydrogen-bond acceptors (Lipinski definition) is 3. The van der Waals surface area contributed by atoms with Gasteiger partial charge in [0.25, 0.3) is 0 Å². The van der Waals surface area contributed by atoms with Gasteiger partial charge in [0.2, 0.25) is 11.8 Å². The molecule has 1 aliphatic rings. The number of hydrogen-bond donors (Lipinski definition) is 1. The number of ether oxygens (including phenoxy) is 1. The third kappa shape index (κ3) is 4.11. The molecule has 0 bridgehead atoms. The second-order valence-corrected chi connectivity index (χ2v) is 6.90. The predicted octanol–water partition coefficient (Wildman–Crippen LogP) is 3.99. The van der Waals surface area contributed by atoms with Crippen molar-refractivity contribution in [2.45, 2.75) is 13.0 Å². The number of carbonyl (C=O) groups is 2. The van der Waals surface area contributed by atoms with Crippen LogP contribution in [0.15, 0.2) is 42.5 Å². The highest BCUT2D eigenvalue weighted by molar-refractivity contribution is 6.44. The molecule has 1 aliphatic heterocycles. The Kier molecular flexibility index (Phi) is 5.69. The van der Waals surface area contributed by atoms with Crippen LogP contribution in [0.5, 0.6) is 5.75 Å². The number of rotatable bonds is 5. The van der Waals surface area contributed by atoms with E-state index in [0.29, 0.717) is 28.8 Å². The molecule has 2 aromatic carbocycles. The van der Waals surface area contributed by atoms with Crippen molar-refractivity contribution in [1.29, 1.82) is 0 Å². The van der Waals surface area contributed by atoms with Crippen LogP contribution < -0.4 is 10.1 Å². The lowest BCUT2D eigenvalue weighted by Gasteiger charge is -2.17. The van der Waals surface area contributed by atoms with Crippen LogP contribution in [-0.2, 0) is 16.1 Å². The number of nitrogens with zero attached hydrogens (tertiary/aromatic N) is 1. The standard InChI is InChI=1S/C19H18Cl2N2O3/c1-26-14-7-5-12(6-8-14)10-23-11-13(9-17(23)24)19(25)22-16-4-2-3-15(20)18(16)21/h2-8,13H,9-11H2,1H3,(H,22,25)/t13-/m1/s1. The molecule has 3 rings (SSSR count). The summed E-state index contributed by atoms with van der Waals surface area (Å²) in [5.74, 6) is 0.0610. The topological polar surface area (TPSA) is 58.6 Å². The first-order valence-corrected chi connectivity index (χ1v) is 8.89.